The van der Waals surface area contributed by atoms with E-state index in [4.69, 9.17) is 21.1 Å². The second kappa shape index (κ2) is 9.40. The predicted molar refractivity (Wildman–Crippen MR) is 89.5 cm³/mol. The molecule has 0 spiro atoms. The number of carbonyl (C=O) groups is 2. The first kappa shape index (κ1) is 19.3. The van der Waals surface area contributed by atoms with Crippen molar-refractivity contribution in [3.63, 3.8) is 0 Å². The number of hydrogen-bond acceptors (Lipinski definition) is 4. The molecule has 0 aliphatic rings. The smallest absolute Gasteiger partial charge is 0.328 e. The number of amides is 1. The first-order valence-electron chi connectivity index (χ1n) is 7.49. The molecule has 6 heteroatoms. The zero-order valence-electron chi connectivity index (χ0n) is 14.0. The van der Waals surface area contributed by atoms with E-state index in [0.717, 1.165) is 11.3 Å². The number of esters is 1. The number of nitrogens with zero attached hydrogens (tertiary/aromatic N) is 1. The lowest BCUT2D eigenvalue weighted by atomic mass is 10.0. The molecule has 0 fully saturated rings. The number of methoxy groups -OCH3 is 2. The van der Waals surface area contributed by atoms with E-state index in [1.807, 2.05) is 38.1 Å². The maximum atomic E-state index is 12.2. The van der Waals surface area contributed by atoms with Crippen LogP contribution < -0.4 is 4.74 Å². The van der Waals surface area contributed by atoms with Crippen molar-refractivity contribution in [2.45, 2.75) is 32.9 Å². The third kappa shape index (κ3) is 5.75. The Morgan fingerprint density at radius 1 is 1.17 bits per heavy atom. The zero-order valence-corrected chi connectivity index (χ0v) is 14.8. The molecule has 0 saturated heterocycles. The summed E-state index contributed by atoms with van der Waals surface area (Å²) in [6.07, 6.45) is 0.519. The molecule has 1 amide bonds. The average molecular weight is 342 g/mol. The summed E-state index contributed by atoms with van der Waals surface area (Å²) < 4.78 is 9.99. The van der Waals surface area contributed by atoms with Crippen molar-refractivity contribution in [1.29, 1.82) is 0 Å². The van der Waals surface area contributed by atoms with Crippen LogP contribution >= 0.6 is 11.6 Å². The molecule has 0 heterocycles. The molecule has 0 aromatic heterocycles. The normalized spacial score (nSPS) is 11.9. The summed E-state index contributed by atoms with van der Waals surface area (Å²) in [5.41, 5.74) is 0.891. The zero-order chi connectivity index (χ0) is 17.4. The second-order valence-corrected chi connectivity index (χ2v) is 5.94. The number of ether oxygens (including phenoxy) is 2. The maximum Gasteiger partial charge on any atom is 0.328 e. The fraction of sp³-hybridized carbons (Fsp3) is 0.529. The quantitative estimate of drug-likeness (QED) is 0.539. The van der Waals surface area contributed by atoms with Gasteiger partial charge in [0, 0.05) is 6.54 Å². The van der Waals surface area contributed by atoms with Crippen LogP contribution in [0, 0.1) is 5.92 Å². The minimum Gasteiger partial charge on any atom is -0.497 e. The molecule has 1 aromatic carbocycles. The number of carbonyl (C=O) groups excluding carboxylic acids is 2. The molecule has 1 rings (SSSR count). The van der Waals surface area contributed by atoms with E-state index in [1.165, 1.54) is 12.0 Å². The van der Waals surface area contributed by atoms with Crippen molar-refractivity contribution < 1.29 is 19.1 Å². The molecule has 0 N–H and O–H groups in total. The lowest BCUT2D eigenvalue weighted by Crippen LogP contribution is -2.46. The molecule has 0 saturated carbocycles. The molecule has 128 valence electrons. The van der Waals surface area contributed by atoms with Gasteiger partial charge in [-0.15, -0.1) is 11.6 Å². The highest BCUT2D eigenvalue weighted by molar-refractivity contribution is 6.27. The van der Waals surface area contributed by atoms with Gasteiger partial charge < -0.3 is 14.4 Å². The molecular formula is C17H24ClNO4. The van der Waals surface area contributed by atoms with E-state index < -0.39 is 12.0 Å². The fourth-order valence-corrected chi connectivity index (χ4v) is 2.46. The van der Waals surface area contributed by atoms with Crippen molar-refractivity contribution >= 4 is 23.5 Å². The third-order valence-corrected chi connectivity index (χ3v) is 3.72. The summed E-state index contributed by atoms with van der Waals surface area (Å²) in [5, 5.41) is 0. The van der Waals surface area contributed by atoms with Crippen molar-refractivity contribution in [2.75, 3.05) is 20.1 Å². The summed E-state index contributed by atoms with van der Waals surface area (Å²) in [7, 11) is 2.92. The van der Waals surface area contributed by atoms with Gasteiger partial charge in [-0.1, -0.05) is 26.0 Å². The second-order valence-electron chi connectivity index (χ2n) is 5.67. The fourth-order valence-electron chi connectivity index (χ4n) is 2.31. The molecule has 0 aliphatic heterocycles. The number of benzene rings is 1. The Labute approximate surface area is 142 Å². The van der Waals surface area contributed by atoms with E-state index >= 15 is 0 Å². The van der Waals surface area contributed by atoms with Crippen LogP contribution in [0.15, 0.2) is 24.3 Å². The highest BCUT2D eigenvalue weighted by Gasteiger charge is 2.30. The number of alkyl halides is 1. The van der Waals surface area contributed by atoms with Crippen molar-refractivity contribution in [3.05, 3.63) is 29.8 Å². The minimum atomic E-state index is -0.645. The monoisotopic (exact) mass is 341 g/mol. The Bertz CT molecular complexity index is 516. The Hall–Kier alpha value is -1.75. The van der Waals surface area contributed by atoms with Gasteiger partial charge in [0.1, 0.15) is 17.7 Å². The minimum absolute atomic E-state index is 0.179. The SMILES string of the molecule is COC(=O)C(CC(C)C)N(Cc1ccc(OC)cc1)C(=O)CCl. The van der Waals surface area contributed by atoms with Gasteiger partial charge in [0.05, 0.1) is 14.2 Å². The van der Waals surface area contributed by atoms with Gasteiger partial charge in [-0.2, -0.15) is 0 Å². The average Bonchev–Trinajstić information content (AvgIpc) is 2.56. The molecule has 1 atom stereocenters. The Kier molecular flexibility index (Phi) is 7.89. The van der Waals surface area contributed by atoms with Crippen LogP contribution in [0.3, 0.4) is 0 Å². The summed E-state index contributed by atoms with van der Waals surface area (Å²) >= 11 is 5.73. The number of hydrogen-bond donors (Lipinski definition) is 0. The highest BCUT2D eigenvalue weighted by atomic mass is 35.5. The van der Waals surface area contributed by atoms with E-state index in [2.05, 4.69) is 0 Å². The van der Waals surface area contributed by atoms with Crippen molar-refractivity contribution in [1.82, 2.24) is 4.90 Å². The van der Waals surface area contributed by atoms with Crippen LogP contribution in [0.1, 0.15) is 25.8 Å². The summed E-state index contributed by atoms with van der Waals surface area (Å²) in [6.45, 7) is 4.28. The maximum absolute atomic E-state index is 12.2. The predicted octanol–water partition coefficient (Wildman–Crippen LogP) is 2.85. The molecule has 0 bridgehead atoms. The standard InChI is InChI=1S/C17H24ClNO4/c1-12(2)9-15(17(21)23-4)19(16(20)10-18)11-13-5-7-14(22-3)8-6-13/h5-8,12,15H,9-11H2,1-4H3. The van der Waals surface area contributed by atoms with Crippen LogP contribution in [0.5, 0.6) is 5.75 Å². The highest BCUT2D eigenvalue weighted by Crippen LogP contribution is 2.19. The van der Waals surface area contributed by atoms with Crippen molar-refractivity contribution in [3.8, 4) is 5.75 Å². The van der Waals surface area contributed by atoms with Crippen LogP contribution in [0.4, 0.5) is 0 Å². The van der Waals surface area contributed by atoms with Gasteiger partial charge in [-0.25, -0.2) is 4.79 Å². The molecule has 0 radical (unpaired) electrons. The Balaban J connectivity index is 3.04. The molecule has 5 nitrogen and oxygen atoms in total. The molecular weight excluding hydrogens is 318 g/mol. The molecule has 23 heavy (non-hydrogen) atoms. The summed E-state index contributed by atoms with van der Waals surface area (Å²) in [5.74, 6) is 0.0716. The summed E-state index contributed by atoms with van der Waals surface area (Å²) in [6, 6.07) is 6.70. The van der Waals surface area contributed by atoms with E-state index in [-0.39, 0.29) is 17.7 Å². The first-order valence-corrected chi connectivity index (χ1v) is 8.02. The van der Waals surface area contributed by atoms with Gasteiger partial charge in [-0.3, -0.25) is 4.79 Å². The lowest BCUT2D eigenvalue weighted by molar-refractivity contribution is -0.153. The van der Waals surface area contributed by atoms with Gasteiger partial charge in [0.2, 0.25) is 5.91 Å². The van der Waals surface area contributed by atoms with E-state index in [9.17, 15) is 9.59 Å². The number of rotatable bonds is 8. The van der Waals surface area contributed by atoms with Gasteiger partial charge in [0.15, 0.2) is 0 Å². The van der Waals surface area contributed by atoms with Gasteiger partial charge in [-0.05, 0) is 30.0 Å². The molecule has 0 aliphatic carbocycles. The topological polar surface area (TPSA) is 55.8 Å². The third-order valence-electron chi connectivity index (χ3n) is 3.49. The number of halogens is 1. The molecule has 1 aromatic rings. The van der Waals surface area contributed by atoms with Crippen molar-refractivity contribution in [2.24, 2.45) is 5.92 Å². The molecule has 1 unspecified atom stereocenters. The summed E-state index contributed by atoms with van der Waals surface area (Å²) in [4.78, 5) is 25.9. The van der Waals surface area contributed by atoms with Crippen LogP contribution in [-0.2, 0) is 20.9 Å². The Morgan fingerprint density at radius 3 is 2.22 bits per heavy atom. The van der Waals surface area contributed by atoms with Gasteiger partial charge in [0.25, 0.3) is 0 Å². The van der Waals surface area contributed by atoms with Crippen LogP contribution in [-0.4, -0.2) is 42.9 Å². The Morgan fingerprint density at radius 2 is 1.78 bits per heavy atom. The van der Waals surface area contributed by atoms with Crippen LogP contribution in [0.25, 0.3) is 0 Å². The van der Waals surface area contributed by atoms with E-state index in [0.29, 0.717) is 13.0 Å². The van der Waals surface area contributed by atoms with Crippen LogP contribution in [0.2, 0.25) is 0 Å². The van der Waals surface area contributed by atoms with E-state index in [1.54, 1.807) is 7.11 Å². The largest absolute Gasteiger partial charge is 0.497 e. The first-order chi connectivity index (χ1) is 10.9. The lowest BCUT2D eigenvalue weighted by Gasteiger charge is -2.30. The van der Waals surface area contributed by atoms with Gasteiger partial charge >= 0.3 is 5.97 Å².